The largest absolute Gasteiger partial charge is 1.00 e. The number of Topliss-reactive ketones (excluding diaryl/α,β-unsaturated/α-hetero) is 1. The van der Waals surface area contributed by atoms with Gasteiger partial charge in [-0.1, -0.05) is 48.0 Å². The van der Waals surface area contributed by atoms with Gasteiger partial charge in [-0.25, -0.2) is 0 Å². The third-order valence-electron chi connectivity index (χ3n) is 7.95. The molecule has 0 unspecified atom stereocenters. The van der Waals surface area contributed by atoms with Gasteiger partial charge in [0.05, 0.1) is 26.7 Å². The van der Waals surface area contributed by atoms with E-state index in [1.54, 1.807) is 0 Å². The molecule has 1 aliphatic heterocycles. The van der Waals surface area contributed by atoms with Crippen molar-refractivity contribution in [1.82, 2.24) is 0 Å². The zero-order chi connectivity index (χ0) is 26.7. The number of benzene rings is 3. The van der Waals surface area contributed by atoms with Crippen LogP contribution in [-0.4, -0.2) is 42.9 Å². The van der Waals surface area contributed by atoms with Crippen LogP contribution >= 0.6 is 0 Å². The topological polar surface area (TPSA) is 55.4 Å². The minimum absolute atomic E-state index is 0. The Morgan fingerprint density at radius 3 is 2.28 bits per heavy atom. The number of rotatable bonds is 6. The van der Waals surface area contributed by atoms with Crippen LogP contribution in [0.2, 0.25) is 0 Å². The molecule has 6 heteroatoms. The zero-order valence-corrected chi connectivity index (χ0v) is 25.2. The van der Waals surface area contributed by atoms with Gasteiger partial charge < -0.3 is 38.5 Å². The summed E-state index contributed by atoms with van der Waals surface area (Å²) in [6.45, 7) is 3.45. The van der Waals surface area contributed by atoms with Gasteiger partial charge in [-0.3, -0.25) is 9.59 Å². The summed E-state index contributed by atoms with van der Waals surface area (Å²) in [5, 5.41) is 3.08. The van der Waals surface area contributed by atoms with Crippen molar-refractivity contribution in [2.75, 3.05) is 26.0 Å². The number of carbonyl (C=O) groups is 2. The molecule has 0 atom stereocenters. The molecule has 204 valence electrons. The van der Waals surface area contributed by atoms with Crippen LogP contribution in [0.1, 0.15) is 48.8 Å². The summed E-state index contributed by atoms with van der Waals surface area (Å²) in [7, 11) is 4.50. The Morgan fingerprint density at radius 1 is 0.923 bits per heavy atom. The van der Waals surface area contributed by atoms with Crippen LogP contribution in [-0.2, 0) is 16.1 Å². The van der Waals surface area contributed by atoms with Gasteiger partial charge in [-0.15, -0.1) is 0 Å². The summed E-state index contributed by atoms with van der Waals surface area (Å²) in [6, 6.07) is 23.3. The van der Waals surface area contributed by atoms with Crippen LogP contribution in [0.25, 0.3) is 17.2 Å². The van der Waals surface area contributed by atoms with E-state index in [2.05, 4.69) is 74.9 Å². The predicted octanol–water partition coefficient (Wildman–Crippen LogP) is 3.56. The van der Waals surface area contributed by atoms with Gasteiger partial charge in [-0.2, -0.15) is 0 Å². The molecule has 0 aromatic heterocycles. The molecule has 1 fully saturated rings. The fraction of sp³-hybridized carbons (Fsp3) is 0.333. The van der Waals surface area contributed by atoms with Gasteiger partial charge in [0.2, 0.25) is 0 Å². The van der Waals surface area contributed by atoms with Crippen molar-refractivity contribution in [3.05, 3.63) is 89.0 Å². The Bertz CT molecular complexity index is 1350. The number of amides is 1. The van der Waals surface area contributed by atoms with E-state index in [1.165, 1.54) is 11.1 Å². The molecule has 0 bridgehead atoms. The second kappa shape index (κ2) is 12.5. The molecule has 1 saturated carbocycles. The van der Waals surface area contributed by atoms with Gasteiger partial charge in [-0.05, 0) is 48.4 Å². The molecule has 0 spiro atoms. The summed E-state index contributed by atoms with van der Waals surface area (Å²) >= 11 is 0. The van der Waals surface area contributed by atoms with Crippen molar-refractivity contribution in [3.8, 4) is 16.9 Å². The fourth-order valence-electron chi connectivity index (χ4n) is 5.56. The van der Waals surface area contributed by atoms with Crippen LogP contribution < -0.4 is 34.0 Å². The first-order valence-electron chi connectivity index (χ1n) is 13.6. The van der Waals surface area contributed by atoms with Crippen molar-refractivity contribution in [1.29, 1.82) is 0 Å². The van der Waals surface area contributed by atoms with Crippen molar-refractivity contribution in [2.45, 2.75) is 51.6 Å². The second-order valence-corrected chi connectivity index (χ2v) is 11.2. The average molecular weight is 637 g/mol. The lowest BCUT2D eigenvalue weighted by Gasteiger charge is -2.40. The lowest BCUT2D eigenvalue weighted by molar-refractivity contribution is -0.928. The van der Waals surface area contributed by atoms with Crippen molar-refractivity contribution >= 4 is 23.5 Å². The fourth-order valence-corrected chi connectivity index (χ4v) is 5.56. The second-order valence-electron chi connectivity index (χ2n) is 11.2. The van der Waals surface area contributed by atoms with Crippen LogP contribution in [0.3, 0.4) is 0 Å². The molecule has 5 nitrogen and oxygen atoms in total. The Hall–Kier alpha value is -2.97. The van der Waals surface area contributed by atoms with E-state index >= 15 is 0 Å². The molecule has 1 aliphatic carbocycles. The average Bonchev–Trinajstić information content (AvgIpc) is 3.12. The first-order valence-corrected chi connectivity index (χ1v) is 13.6. The minimum Gasteiger partial charge on any atom is -1.00 e. The summed E-state index contributed by atoms with van der Waals surface area (Å²) in [6.07, 6.45) is 5.85. The summed E-state index contributed by atoms with van der Waals surface area (Å²) < 4.78 is 6.83. The standard InChI is InChI=1S/C33H36N2O3.HI/c1-23-4-8-25(9-5-23)26-10-17-32-28(20-26)21-27(18-19-38-32)33(37)34-29-11-6-24(7-12-29)22-35(2,3)30-13-15-31(36)16-14-30;/h4-12,17,20-21,30H,13-16,18-19,22H2,1-3H3;1H. The van der Waals surface area contributed by atoms with Gasteiger partial charge in [0.1, 0.15) is 18.1 Å². The highest BCUT2D eigenvalue weighted by Gasteiger charge is 2.32. The molecule has 2 aliphatic rings. The molecule has 3 aromatic carbocycles. The number of ether oxygens (including phenoxy) is 1. The highest BCUT2D eigenvalue weighted by molar-refractivity contribution is 6.07. The predicted molar refractivity (Wildman–Crippen MR) is 153 cm³/mol. The number of quaternary nitrogens is 1. The van der Waals surface area contributed by atoms with E-state index in [0.717, 1.165) is 52.0 Å². The zero-order valence-electron chi connectivity index (χ0n) is 23.0. The SMILES string of the molecule is Cc1ccc(-c2ccc3c(c2)C=C(C(=O)Nc2ccc(C[N+](C)(C)C4CCC(=O)CC4)cc2)CCO3)cc1.[I-]. The number of ketones is 1. The highest BCUT2D eigenvalue weighted by atomic mass is 127. The Balaban J connectivity index is 0.00000353. The molecule has 1 amide bonds. The maximum atomic E-state index is 13.2. The van der Waals surface area contributed by atoms with Gasteiger partial charge >= 0.3 is 0 Å². The molecule has 0 radical (unpaired) electrons. The minimum atomic E-state index is -0.0991. The van der Waals surface area contributed by atoms with Crippen LogP contribution in [0.5, 0.6) is 5.75 Å². The monoisotopic (exact) mass is 636 g/mol. The number of carbonyl (C=O) groups excluding carboxylic acids is 2. The Labute approximate surface area is 248 Å². The number of nitrogens with one attached hydrogen (secondary N) is 1. The van der Waals surface area contributed by atoms with E-state index in [0.29, 0.717) is 43.3 Å². The molecule has 5 rings (SSSR count). The molecular weight excluding hydrogens is 599 g/mol. The number of aryl methyl sites for hydroxylation is 1. The smallest absolute Gasteiger partial charge is 0.251 e. The Morgan fingerprint density at radius 2 is 1.59 bits per heavy atom. The maximum Gasteiger partial charge on any atom is 0.251 e. The van der Waals surface area contributed by atoms with Crippen molar-refractivity contribution < 1.29 is 42.8 Å². The summed E-state index contributed by atoms with van der Waals surface area (Å²) in [5.41, 5.74) is 7.10. The summed E-state index contributed by atoms with van der Waals surface area (Å²) in [5.74, 6) is 1.10. The number of halogens is 1. The molecule has 3 aromatic rings. The lowest BCUT2D eigenvalue weighted by atomic mass is 9.91. The van der Waals surface area contributed by atoms with Gasteiger partial charge in [0.15, 0.2) is 0 Å². The van der Waals surface area contributed by atoms with E-state index in [9.17, 15) is 9.59 Å². The molecule has 0 saturated heterocycles. The molecule has 1 N–H and O–H groups in total. The van der Waals surface area contributed by atoms with E-state index in [1.807, 2.05) is 24.3 Å². The third kappa shape index (κ3) is 7.17. The third-order valence-corrected chi connectivity index (χ3v) is 7.95. The van der Waals surface area contributed by atoms with E-state index < -0.39 is 0 Å². The number of anilines is 1. The normalized spacial score (nSPS) is 15.8. The summed E-state index contributed by atoms with van der Waals surface area (Å²) in [4.78, 5) is 24.8. The van der Waals surface area contributed by atoms with Gasteiger partial charge in [0, 0.05) is 54.5 Å². The number of hydrogen-bond acceptors (Lipinski definition) is 3. The first-order chi connectivity index (χ1) is 18.3. The molecular formula is C33H37IN2O3. The van der Waals surface area contributed by atoms with Crippen LogP contribution in [0, 0.1) is 6.92 Å². The lowest BCUT2D eigenvalue weighted by Crippen LogP contribution is -3.00. The number of fused-ring (bicyclic) bond motifs is 1. The van der Waals surface area contributed by atoms with Crippen LogP contribution in [0.4, 0.5) is 5.69 Å². The van der Waals surface area contributed by atoms with Crippen LogP contribution in [0.15, 0.2) is 72.3 Å². The number of hydrogen-bond donors (Lipinski definition) is 1. The Kier molecular flexibility index (Phi) is 9.28. The maximum absolute atomic E-state index is 13.2. The van der Waals surface area contributed by atoms with Crippen molar-refractivity contribution in [3.63, 3.8) is 0 Å². The quantitative estimate of drug-likeness (QED) is 0.333. The molecule has 39 heavy (non-hydrogen) atoms. The molecule has 1 heterocycles. The van der Waals surface area contributed by atoms with Gasteiger partial charge in [0.25, 0.3) is 5.91 Å². The van der Waals surface area contributed by atoms with E-state index in [4.69, 9.17) is 4.74 Å². The van der Waals surface area contributed by atoms with E-state index in [-0.39, 0.29) is 29.9 Å². The highest BCUT2D eigenvalue weighted by Crippen LogP contribution is 2.32. The first kappa shape index (κ1) is 29.0. The number of nitrogens with zero attached hydrogens (tertiary/aromatic N) is 1. The van der Waals surface area contributed by atoms with Crippen molar-refractivity contribution in [2.24, 2.45) is 0 Å².